The molecule has 9 heteroatoms. The number of carbonyl (C=O) groups excluding carboxylic acids is 2. The fraction of sp³-hybridized carbons (Fsp3) is 0.364. The first-order valence-corrected chi connectivity index (χ1v) is 10.6. The van der Waals surface area contributed by atoms with E-state index in [9.17, 15) is 22.8 Å². The molecule has 2 aromatic rings. The molecule has 1 aliphatic heterocycles. The van der Waals surface area contributed by atoms with Crippen LogP contribution in [-0.4, -0.2) is 42.6 Å². The van der Waals surface area contributed by atoms with Gasteiger partial charge in [0.15, 0.2) is 6.61 Å². The first-order valence-electron chi connectivity index (χ1n) is 9.82. The lowest BCUT2D eigenvalue weighted by atomic mass is 9.95. The van der Waals surface area contributed by atoms with E-state index in [-0.39, 0.29) is 30.0 Å². The zero-order valence-electron chi connectivity index (χ0n) is 16.6. The third-order valence-electron chi connectivity index (χ3n) is 5.04. The molecule has 0 spiro atoms. The summed E-state index contributed by atoms with van der Waals surface area (Å²) in [6.45, 7) is -0.0427. The fourth-order valence-electron chi connectivity index (χ4n) is 3.32. The van der Waals surface area contributed by atoms with Gasteiger partial charge in [0.05, 0.1) is 0 Å². The van der Waals surface area contributed by atoms with Crippen molar-refractivity contribution in [2.75, 3.05) is 19.7 Å². The number of nitrogens with one attached hydrogen (secondary N) is 1. The topological polar surface area (TPSA) is 58.6 Å². The van der Waals surface area contributed by atoms with Crippen LogP contribution in [0.1, 0.15) is 28.8 Å². The number of ether oxygens (including phenoxy) is 1. The van der Waals surface area contributed by atoms with Crippen molar-refractivity contribution in [2.24, 2.45) is 5.92 Å². The van der Waals surface area contributed by atoms with E-state index in [1.54, 1.807) is 29.2 Å². The summed E-state index contributed by atoms with van der Waals surface area (Å²) in [4.78, 5) is 26.8. The number of hydrogen-bond acceptors (Lipinski definition) is 3. The molecule has 0 saturated carbocycles. The minimum Gasteiger partial charge on any atom is -0.484 e. The largest absolute Gasteiger partial charge is 0.484 e. The number of benzene rings is 2. The second kappa shape index (κ2) is 10.2. The van der Waals surface area contributed by atoms with Gasteiger partial charge in [0.2, 0.25) is 5.91 Å². The highest BCUT2D eigenvalue weighted by Crippen LogP contribution is 2.21. The average molecular weight is 499 g/mol. The highest BCUT2D eigenvalue weighted by atomic mass is 79.9. The van der Waals surface area contributed by atoms with Gasteiger partial charge >= 0.3 is 6.18 Å². The zero-order chi connectivity index (χ0) is 22.4. The molecule has 2 aromatic carbocycles. The van der Waals surface area contributed by atoms with Crippen molar-refractivity contribution in [1.29, 1.82) is 0 Å². The molecule has 5 nitrogen and oxygen atoms in total. The number of amides is 2. The summed E-state index contributed by atoms with van der Waals surface area (Å²) in [5, 5.41) is 2.86. The quantitative estimate of drug-likeness (QED) is 0.635. The normalized spacial score (nSPS) is 14.9. The zero-order valence-corrected chi connectivity index (χ0v) is 18.2. The van der Waals surface area contributed by atoms with Gasteiger partial charge in [-0.3, -0.25) is 9.59 Å². The molecular weight excluding hydrogens is 477 g/mol. The number of likely N-dealkylation sites (tertiary alicyclic amines) is 1. The molecule has 1 aliphatic rings. The molecule has 3 rings (SSSR count). The number of alkyl halides is 3. The maximum Gasteiger partial charge on any atom is 0.422 e. The van der Waals surface area contributed by atoms with Crippen LogP contribution in [0.25, 0.3) is 0 Å². The van der Waals surface area contributed by atoms with E-state index in [0.29, 0.717) is 31.5 Å². The molecule has 166 valence electrons. The van der Waals surface area contributed by atoms with Gasteiger partial charge in [0.1, 0.15) is 5.75 Å². The Bertz CT molecular complexity index is 894. The van der Waals surface area contributed by atoms with Crippen molar-refractivity contribution in [3.8, 4) is 5.75 Å². The monoisotopic (exact) mass is 498 g/mol. The Morgan fingerprint density at radius 2 is 1.65 bits per heavy atom. The highest BCUT2D eigenvalue weighted by Gasteiger charge is 2.29. The molecule has 0 aromatic heterocycles. The Kier molecular flexibility index (Phi) is 7.59. The maximum atomic E-state index is 12.6. The Balaban J connectivity index is 1.43. The molecule has 0 radical (unpaired) electrons. The summed E-state index contributed by atoms with van der Waals surface area (Å²) >= 11 is 3.35. The van der Waals surface area contributed by atoms with E-state index < -0.39 is 12.8 Å². The van der Waals surface area contributed by atoms with Crippen LogP contribution in [-0.2, 0) is 11.3 Å². The fourth-order valence-corrected chi connectivity index (χ4v) is 3.59. The third kappa shape index (κ3) is 6.99. The second-order valence-corrected chi connectivity index (χ2v) is 8.25. The summed E-state index contributed by atoms with van der Waals surface area (Å²) in [5.41, 5.74) is 1.38. The van der Waals surface area contributed by atoms with Crippen LogP contribution < -0.4 is 10.1 Å². The predicted octanol–water partition coefficient (Wildman–Crippen LogP) is 4.56. The Hall–Kier alpha value is -2.55. The summed E-state index contributed by atoms with van der Waals surface area (Å²) in [5.74, 6) is -0.189. The SMILES string of the molecule is O=C(NCc1ccc(OCC(F)(F)F)cc1)C1CCN(C(=O)c2ccc(Br)cc2)CC1. The van der Waals surface area contributed by atoms with E-state index in [4.69, 9.17) is 0 Å². The molecule has 1 saturated heterocycles. The van der Waals surface area contributed by atoms with Gasteiger partial charge in [-0.1, -0.05) is 28.1 Å². The number of nitrogens with zero attached hydrogens (tertiary/aromatic N) is 1. The minimum atomic E-state index is -4.38. The molecule has 0 bridgehead atoms. The van der Waals surface area contributed by atoms with Gasteiger partial charge < -0.3 is 15.0 Å². The number of carbonyl (C=O) groups is 2. The van der Waals surface area contributed by atoms with Crippen LogP contribution in [0.2, 0.25) is 0 Å². The predicted molar refractivity (Wildman–Crippen MR) is 113 cm³/mol. The number of halogens is 4. The lowest BCUT2D eigenvalue weighted by Gasteiger charge is -2.31. The lowest BCUT2D eigenvalue weighted by molar-refractivity contribution is -0.153. The Morgan fingerprint density at radius 1 is 1.03 bits per heavy atom. The third-order valence-corrected chi connectivity index (χ3v) is 5.57. The second-order valence-electron chi connectivity index (χ2n) is 7.34. The molecule has 1 fully saturated rings. The van der Waals surface area contributed by atoms with Gasteiger partial charge in [-0.2, -0.15) is 13.2 Å². The van der Waals surface area contributed by atoms with Gasteiger partial charge in [-0.15, -0.1) is 0 Å². The smallest absolute Gasteiger partial charge is 0.422 e. The average Bonchev–Trinajstić information content (AvgIpc) is 2.76. The molecule has 31 heavy (non-hydrogen) atoms. The van der Waals surface area contributed by atoms with Crippen molar-refractivity contribution in [3.63, 3.8) is 0 Å². The summed E-state index contributed by atoms with van der Waals surface area (Å²) in [6.07, 6.45) is -3.22. The van der Waals surface area contributed by atoms with Crippen molar-refractivity contribution >= 4 is 27.7 Å². The lowest BCUT2D eigenvalue weighted by Crippen LogP contribution is -2.42. The minimum absolute atomic E-state index is 0.0424. The molecular formula is C22H22BrF3N2O3. The van der Waals surface area contributed by atoms with Crippen molar-refractivity contribution < 1.29 is 27.5 Å². The van der Waals surface area contributed by atoms with Crippen LogP contribution >= 0.6 is 15.9 Å². The Labute approximate surface area is 186 Å². The maximum absolute atomic E-state index is 12.6. The van der Waals surface area contributed by atoms with Crippen molar-refractivity contribution in [1.82, 2.24) is 10.2 Å². The van der Waals surface area contributed by atoms with Crippen LogP contribution in [0.3, 0.4) is 0 Å². The van der Waals surface area contributed by atoms with Gasteiger partial charge in [-0.25, -0.2) is 0 Å². The molecule has 2 amide bonds. The molecule has 1 N–H and O–H groups in total. The summed E-state index contributed by atoms with van der Waals surface area (Å²) < 4.78 is 42.1. The van der Waals surface area contributed by atoms with Crippen molar-refractivity contribution in [2.45, 2.75) is 25.6 Å². The van der Waals surface area contributed by atoms with E-state index in [1.807, 2.05) is 12.1 Å². The first kappa shape index (κ1) is 23.1. The number of rotatable bonds is 6. The highest BCUT2D eigenvalue weighted by molar-refractivity contribution is 9.10. The van der Waals surface area contributed by atoms with Crippen LogP contribution in [0.15, 0.2) is 53.0 Å². The Morgan fingerprint density at radius 3 is 2.23 bits per heavy atom. The number of piperidine rings is 1. The van der Waals surface area contributed by atoms with Crippen LogP contribution in [0.5, 0.6) is 5.75 Å². The van der Waals surface area contributed by atoms with E-state index >= 15 is 0 Å². The molecule has 0 atom stereocenters. The summed E-state index contributed by atoms with van der Waals surface area (Å²) in [7, 11) is 0. The van der Waals surface area contributed by atoms with Crippen molar-refractivity contribution in [3.05, 3.63) is 64.1 Å². The van der Waals surface area contributed by atoms with E-state index in [2.05, 4.69) is 26.0 Å². The van der Waals surface area contributed by atoms with Gasteiger partial charge in [0.25, 0.3) is 5.91 Å². The van der Waals surface area contributed by atoms with Crippen LogP contribution in [0.4, 0.5) is 13.2 Å². The summed E-state index contributed by atoms with van der Waals surface area (Å²) in [6, 6.07) is 13.3. The van der Waals surface area contributed by atoms with Gasteiger partial charge in [-0.05, 0) is 54.8 Å². The molecule has 0 unspecified atom stereocenters. The first-order chi connectivity index (χ1) is 14.7. The molecule has 0 aliphatic carbocycles. The van der Waals surface area contributed by atoms with Crippen LogP contribution in [0, 0.1) is 5.92 Å². The van der Waals surface area contributed by atoms with E-state index in [0.717, 1.165) is 10.0 Å². The standard InChI is InChI=1S/C22H22BrF3N2O3/c23-18-5-3-17(4-6-18)21(30)28-11-9-16(10-12-28)20(29)27-13-15-1-7-19(8-2-15)31-14-22(24,25)26/h1-8,16H,9-14H2,(H,27,29). The van der Waals surface area contributed by atoms with E-state index in [1.165, 1.54) is 12.1 Å². The molecule has 1 heterocycles. The van der Waals surface area contributed by atoms with Gasteiger partial charge in [0, 0.05) is 35.6 Å². The number of hydrogen-bond donors (Lipinski definition) is 1.